The Kier molecular flexibility index (Phi) is 5.07. The van der Waals surface area contributed by atoms with E-state index < -0.39 is 0 Å². The smallest absolute Gasteiger partial charge is 0.259 e. The Morgan fingerprint density at radius 3 is 2.58 bits per heavy atom. The first-order chi connectivity index (χ1) is 12.5. The van der Waals surface area contributed by atoms with Gasteiger partial charge in [-0.05, 0) is 19.9 Å². The molecule has 3 rings (SSSR count). The molecule has 1 aromatic heterocycles. The van der Waals surface area contributed by atoms with Crippen LogP contribution in [-0.2, 0) is 6.54 Å². The summed E-state index contributed by atoms with van der Waals surface area (Å²) in [5.74, 6) is 1.14. The highest BCUT2D eigenvalue weighted by Crippen LogP contribution is 2.27. The van der Waals surface area contributed by atoms with Crippen molar-refractivity contribution in [3.63, 3.8) is 0 Å². The maximum Gasteiger partial charge on any atom is 0.259 e. The van der Waals surface area contributed by atoms with E-state index in [1.807, 2.05) is 55.5 Å². The highest BCUT2D eigenvalue weighted by atomic mass is 16.5. The van der Waals surface area contributed by atoms with E-state index in [1.54, 1.807) is 26.0 Å². The highest BCUT2D eigenvalue weighted by molar-refractivity contribution is 6.00. The van der Waals surface area contributed by atoms with Crippen LogP contribution in [0.25, 0.3) is 11.3 Å². The predicted molar refractivity (Wildman–Crippen MR) is 100 cm³/mol. The molecule has 0 spiro atoms. The fraction of sp³-hybridized carbons (Fsp3) is 0.238. The number of carbonyl (C=O) groups is 1. The van der Waals surface area contributed by atoms with Gasteiger partial charge >= 0.3 is 0 Å². The van der Waals surface area contributed by atoms with Crippen LogP contribution in [0.15, 0.2) is 53.1 Å². The summed E-state index contributed by atoms with van der Waals surface area (Å²) >= 11 is 0. The van der Waals surface area contributed by atoms with E-state index in [0.717, 1.165) is 22.4 Å². The van der Waals surface area contributed by atoms with E-state index >= 15 is 0 Å². The molecule has 134 valence electrons. The van der Waals surface area contributed by atoms with Crippen LogP contribution in [-0.4, -0.2) is 30.1 Å². The molecule has 0 saturated heterocycles. The zero-order chi connectivity index (χ0) is 18.7. The number of benzene rings is 2. The molecule has 0 bridgehead atoms. The van der Waals surface area contributed by atoms with Crippen LogP contribution in [0.5, 0.6) is 5.75 Å². The van der Waals surface area contributed by atoms with Gasteiger partial charge in [-0.15, -0.1) is 0 Å². The fourth-order valence-electron chi connectivity index (χ4n) is 2.97. The van der Waals surface area contributed by atoms with Crippen molar-refractivity contribution < 1.29 is 14.1 Å². The van der Waals surface area contributed by atoms with Gasteiger partial charge in [0.1, 0.15) is 22.8 Å². The molecule has 0 aliphatic rings. The van der Waals surface area contributed by atoms with E-state index in [9.17, 15) is 4.79 Å². The van der Waals surface area contributed by atoms with Gasteiger partial charge in [-0.25, -0.2) is 0 Å². The summed E-state index contributed by atoms with van der Waals surface area (Å²) in [5.41, 5.74) is 3.99. The number of rotatable bonds is 5. The van der Waals surface area contributed by atoms with E-state index in [2.05, 4.69) is 5.16 Å². The van der Waals surface area contributed by atoms with Crippen LogP contribution in [0.4, 0.5) is 0 Å². The third kappa shape index (κ3) is 3.47. The number of aryl methyl sites for hydroxylation is 2. The number of aromatic nitrogens is 1. The first kappa shape index (κ1) is 17.7. The van der Waals surface area contributed by atoms with Crippen LogP contribution in [0.3, 0.4) is 0 Å². The average Bonchev–Trinajstić information content (AvgIpc) is 3.03. The van der Waals surface area contributed by atoms with Crippen molar-refractivity contribution in [3.8, 4) is 17.0 Å². The van der Waals surface area contributed by atoms with Crippen molar-refractivity contribution in [2.45, 2.75) is 20.4 Å². The van der Waals surface area contributed by atoms with Gasteiger partial charge < -0.3 is 14.2 Å². The minimum Gasteiger partial charge on any atom is -0.496 e. The molecule has 26 heavy (non-hydrogen) atoms. The summed E-state index contributed by atoms with van der Waals surface area (Å²) in [7, 11) is 3.40. The van der Waals surface area contributed by atoms with E-state index in [1.165, 1.54) is 0 Å². The molecule has 5 nitrogen and oxygen atoms in total. The molecule has 0 radical (unpaired) electrons. The zero-order valence-electron chi connectivity index (χ0n) is 15.4. The van der Waals surface area contributed by atoms with Crippen LogP contribution in [0, 0.1) is 13.8 Å². The van der Waals surface area contributed by atoms with Crippen LogP contribution in [0.1, 0.15) is 27.2 Å². The van der Waals surface area contributed by atoms with Crippen LogP contribution in [0.2, 0.25) is 0 Å². The van der Waals surface area contributed by atoms with Crippen LogP contribution >= 0.6 is 0 Å². The summed E-state index contributed by atoms with van der Waals surface area (Å²) in [6, 6.07) is 15.5. The number of carbonyl (C=O) groups excluding carboxylic acids is 1. The average molecular weight is 350 g/mol. The minimum absolute atomic E-state index is 0.133. The van der Waals surface area contributed by atoms with Crippen molar-refractivity contribution in [3.05, 3.63) is 71.0 Å². The molecular weight excluding hydrogens is 328 g/mol. The third-order valence-corrected chi connectivity index (χ3v) is 4.31. The Labute approximate surface area is 153 Å². The quantitative estimate of drug-likeness (QED) is 0.691. The number of hydrogen-bond donors (Lipinski definition) is 0. The predicted octanol–water partition coefficient (Wildman–Crippen LogP) is 4.24. The first-order valence-electron chi connectivity index (χ1n) is 8.42. The van der Waals surface area contributed by atoms with Crippen molar-refractivity contribution in [2.75, 3.05) is 14.2 Å². The number of hydrogen-bond acceptors (Lipinski definition) is 4. The molecular formula is C21H22N2O3. The Bertz CT molecular complexity index is 916. The molecule has 0 atom stereocenters. The molecule has 0 N–H and O–H groups in total. The van der Waals surface area contributed by atoms with Gasteiger partial charge in [0.25, 0.3) is 5.91 Å². The third-order valence-electron chi connectivity index (χ3n) is 4.31. The summed E-state index contributed by atoms with van der Waals surface area (Å²) < 4.78 is 10.7. The molecule has 0 aliphatic carbocycles. The lowest BCUT2D eigenvalue weighted by molar-refractivity contribution is 0.0783. The number of methoxy groups -OCH3 is 1. The second kappa shape index (κ2) is 7.44. The molecule has 0 fully saturated rings. The fourth-order valence-corrected chi connectivity index (χ4v) is 2.97. The zero-order valence-corrected chi connectivity index (χ0v) is 15.4. The highest BCUT2D eigenvalue weighted by Gasteiger charge is 2.24. The van der Waals surface area contributed by atoms with Crippen molar-refractivity contribution in [1.82, 2.24) is 10.1 Å². The molecule has 5 heteroatoms. The van der Waals surface area contributed by atoms with Gasteiger partial charge in [-0.3, -0.25) is 4.79 Å². The first-order valence-corrected chi connectivity index (χ1v) is 8.42. The minimum atomic E-state index is -0.133. The molecule has 1 amide bonds. The Balaban J connectivity index is 1.91. The SMILES string of the molecule is COc1ccc(C)cc1CN(C)C(=O)c1c(-c2ccccc2)noc1C. The summed E-state index contributed by atoms with van der Waals surface area (Å²) in [6.07, 6.45) is 0. The second-order valence-electron chi connectivity index (χ2n) is 6.30. The Hall–Kier alpha value is -3.08. The molecule has 0 aliphatic heterocycles. The summed E-state index contributed by atoms with van der Waals surface area (Å²) in [5, 5.41) is 4.10. The molecule has 0 unspecified atom stereocenters. The van der Waals surface area contributed by atoms with E-state index in [0.29, 0.717) is 23.6 Å². The molecule has 1 heterocycles. The number of amides is 1. The van der Waals surface area contributed by atoms with Gasteiger partial charge in [0.2, 0.25) is 0 Å². The normalized spacial score (nSPS) is 10.6. The van der Waals surface area contributed by atoms with Crippen LogP contribution < -0.4 is 4.74 Å². The lowest BCUT2D eigenvalue weighted by Crippen LogP contribution is -2.27. The lowest BCUT2D eigenvalue weighted by atomic mass is 10.0. The molecule has 0 saturated carbocycles. The lowest BCUT2D eigenvalue weighted by Gasteiger charge is -2.19. The standard InChI is InChI=1S/C21H22N2O3/c1-14-10-11-18(25-4)17(12-14)13-23(3)21(24)19-15(2)26-22-20(19)16-8-6-5-7-9-16/h5-12H,13H2,1-4H3. The summed E-state index contributed by atoms with van der Waals surface area (Å²) in [6.45, 7) is 4.21. The van der Waals surface area contributed by atoms with Gasteiger partial charge in [0, 0.05) is 24.7 Å². The van der Waals surface area contributed by atoms with E-state index in [4.69, 9.17) is 9.26 Å². The van der Waals surface area contributed by atoms with Gasteiger partial charge in [0.15, 0.2) is 0 Å². The van der Waals surface area contributed by atoms with Crippen molar-refractivity contribution in [1.29, 1.82) is 0 Å². The number of nitrogens with zero attached hydrogens (tertiary/aromatic N) is 2. The maximum atomic E-state index is 13.1. The monoisotopic (exact) mass is 350 g/mol. The Morgan fingerprint density at radius 1 is 1.15 bits per heavy atom. The van der Waals surface area contributed by atoms with Crippen molar-refractivity contribution >= 4 is 5.91 Å². The van der Waals surface area contributed by atoms with Gasteiger partial charge in [-0.2, -0.15) is 0 Å². The topological polar surface area (TPSA) is 55.6 Å². The maximum absolute atomic E-state index is 13.1. The Morgan fingerprint density at radius 2 is 1.88 bits per heavy atom. The van der Waals surface area contributed by atoms with Gasteiger partial charge in [-0.1, -0.05) is 53.2 Å². The number of ether oxygens (including phenoxy) is 1. The van der Waals surface area contributed by atoms with Gasteiger partial charge in [0.05, 0.1) is 7.11 Å². The largest absolute Gasteiger partial charge is 0.496 e. The second-order valence-corrected chi connectivity index (χ2v) is 6.30. The molecule has 3 aromatic rings. The van der Waals surface area contributed by atoms with E-state index in [-0.39, 0.29) is 5.91 Å². The molecule has 2 aromatic carbocycles. The van der Waals surface area contributed by atoms with Crippen molar-refractivity contribution in [2.24, 2.45) is 0 Å². The summed E-state index contributed by atoms with van der Waals surface area (Å²) in [4.78, 5) is 14.8.